The predicted molar refractivity (Wildman–Crippen MR) is 187 cm³/mol. The van der Waals surface area contributed by atoms with Crippen LogP contribution in [0, 0.1) is 0 Å². The lowest BCUT2D eigenvalue weighted by atomic mass is 10.1. The molecule has 0 atom stereocenters. The molecule has 0 aliphatic rings. The molecule has 0 N–H and O–H groups in total. The number of benzene rings is 6. The quantitative estimate of drug-likeness (QED) is 0.206. The van der Waals surface area contributed by atoms with Gasteiger partial charge in [0.05, 0.1) is 62.2 Å². The van der Waals surface area contributed by atoms with Gasteiger partial charge in [-0.1, -0.05) is 72.8 Å². The van der Waals surface area contributed by atoms with E-state index < -0.39 is 0 Å². The Labute approximate surface area is 262 Å². The number of fused-ring (bicyclic) bond motifs is 9. The smallest absolute Gasteiger partial charge is 0.156 e. The summed E-state index contributed by atoms with van der Waals surface area (Å²) < 4.78 is 4.61. The van der Waals surface area contributed by atoms with Gasteiger partial charge in [-0.3, -0.25) is 14.5 Å². The molecule has 0 aliphatic carbocycles. The van der Waals surface area contributed by atoms with Gasteiger partial charge in [0.15, 0.2) is 5.82 Å². The van der Waals surface area contributed by atoms with Crippen molar-refractivity contribution in [3.63, 3.8) is 0 Å². The van der Waals surface area contributed by atoms with E-state index in [0.29, 0.717) is 0 Å². The van der Waals surface area contributed by atoms with Gasteiger partial charge >= 0.3 is 0 Å². The minimum absolute atomic E-state index is 0.803. The molecule has 0 unspecified atom stereocenters. The van der Waals surface area contributed by atoms with Crippen LogP contribution in [0.15, 0.2) is 146 Å². The van der Waals surface area contributed by atoms with E-state index in [2.05, 4.69) is 99.0 Å². The van der Waals surface area contributed by atoms with Crippen molar-refractivity contribution in [2.45, 2.75) is 0 Å². The average Bonchev–Trinajstić information content (AvgIpc) is 3.64. The van der Waals surface area contributed by atoms with E-state index >= 15 is 0 Å². The molecule has 6 aromatic carbocycles. The Hall–Kier alpha value is -6.40. The normalized spacial score (nSPS) is 11.9. The minimum atomic E-state index is 0.803. The highest BCUT2D eigenvalue weighted by atomic mass is 15.1. The topological polar surface area (TPSA) is 61.4 Å². The van der Waals surface area contributed by atoms with Gasteiger partial charge < -0.3 is 4.57 Å². The molecule has 4 aromatic heterocycles. The molecule has 0 radical (unpaired) electrons. The van der Waals surface area contributed by atoms with Crippen molar-refractivity contribution in [1.29, 1.82) is 0 Å². The maximum Gasteiger partial charge on any atom is 0.156 e. The van der Waals surface area contributed by atoms with Crippen LogP contribution in [-0.4, -0.2) is 29.1 Å². The summed E-state index contributed by atoms with van der Waals surface area (Å²) in [6.45, 7) is 0. The predicted octanol–water partition coefficient (Wildman–Crippen LogP) is 9.43. The fraction of sp³-hybridized carbons (Fsp3) is 0. The molecule has 0 aliphatic heterocycles. The first-order valence-electron chi connectivity index (χ1n) is 15.3. The molecule has 0 fully saturated rings. The monoisotopic (exact) mass is 588 g/mol. The number of para-hydroxylation sites is 6. The van der Waals surface area contributed by atoms with E-state index in [-0.39, 0.29) is 0 Å². The van der Waals surface area contributed by atoms with Crippen molar-refractivity contribution >= 4 is 65.7 Å². The summed E-state index contributed by atoms with van der Waals surface area (Å²) in [4.78, 5) is 19.4. The summed E-state index contributed by atoms with van der Waals surface area (Å²) in [5, 5.41) is 4.80. The fourth-order valence-electron chi connectivity index (χ4n) is 7.00. The van der Waals surface area contributed by atoms with Gasteiger partial charge in [0.1, 0.15) is 0 Å². The lowest BCUT2D eigenvalue weighted by Crippen LogP contribution is -1.99. The third-order valence-corrected chi connectivity index (χ3v) is 8.99. The number of hydrogen-bond acceptors (Lipinski definition) is 4. The second-order valence-corrected chi connectivity index (χ2v) is 11.6. The van der Waals surface area contributed by atoms with Gasteiger partial charge in [0.2, 0.25) is 0 Å². The van der Waals surface area contributed by atoms with Crippen LogP contribution in [0.1, 0.15) is 0 Å². The largest absolute Gasteiger partial charge is 0.309 e. The van der Waals surface area contributed by atoms with Gasteiger partial charge in [0.25, 0.3) is 0 Å². The van der Waals surface area contributed by atoms with Gasteiger partial charge in [-0.25, -0.2) is 9.97 Å². The van der Waals surface area contributed by atoms with Crippen LogP contribution in [0.3, 0.4) is 0 Å². The van der Waals surface area contributed by atoms with E-state index in [0.717, 1.165) is 66.9 Å². The number of hydrogen-bond donors (Lipinski definition) is 0. The maximum atomic E-state index is 5.05. The van der Waals surface area contributed by atoms with E-state index in [9.17, 15) is 0 Å². The lowest BCUT2D eigenvalue weighted by molar-refractivity contribution is 1.07. The molecular formula is C40H24N6. The molecule has 0 bridgehead atoms. The molecule has 10 aromatic rings. The lowest BCUT2D eigenvalue weighted by Gasteiger charge is -2.11. The summed E-state index contributed by atoms with van der Waals surface area (Å²) >= 11 is 0. The molecule has 0 saturated heterocycles. The van der Waals surface area contributed by atoms with Gasteiger partial charge in [-0.2, -0.15) is 0 Å². The second kappa shape index (κ2) is 9.55. The number of rotatable bonds is 3. The van der Waals surface area contributed by atoms with Crippen molar-refractivity contribution in [1.82, 2.24) is 29.1 Å². The molecule has 10 rings (SSSR count). The molecule has 6 heteroatoms. The van der Waals surface area contributed by atoms with Crippen molar-refractivity contribution in [3.8, 4) is 22.8 Å². The fourth-order valence-corrected chi connectivity index (χ4v) is 7.00. The Morgan fingerprint density at radius 3 is 1.70 bits per heavy atom. The van der Waals surface area contributed by atoms with Crippen molar-refractivity contribution < 1.29 is 0 Å². The first-order valence-corrected chi connectivity index (χ1v) is 15.3. The molecule has 0 amide bonds. The highest BCUT2D eigenvalue weighted by Crippen LogP contribution is 2.42. The van der Waals surface area contributed by atoms with Crippen LogP contribution in [0.2, 0.25) is 0 Å². The molecule has 46 heavy (non-hydrogen) atoms. The molecule has 6 nitrogen and oxygen atoms in total. The van der Waals surface area contributed by atoms with Crippen molar-refractivity contribution in [2.24, 2.45) is 0 Å². The zero-order valence-electron chi connectivity index (χ0n) is 24.5. The van der Waals surface area contributed by atoms with E-state index in [4.69, 9.17) is 15.0 Å². The van der Waals surface area contributed by atoms with Crippen LogP contribution in [0.4, 0.5) is 0 Å². The molecule has 0 saturated carbocycles. The Kier molecular flexibility index (Phi) is 5.19. The molecular weight excluding hydrogens is 564 g/mol. The maximum absolute atomic E-state index is 5.05. The van der Waals surface area contributed by atoms with Crippen molar-refractivity contribution in [3.05, 3.63) is 146 Å². The second-order valence-electron chi connectivity index (χ2n) is 11.6. The summed E-state index contributed by atoms with van der Waals surface area (Å²) in [5.74, 6) is 0.803. The summed E-state index contributed by atoms with van der Waals surface area (Å²) in [6, 6.07) is 46.3. The van der Waals surface area contributed by atoms with Gasteiger partial charge in [-0.15, -0.1) is 0 Å². The number of nitrogens with zero attached hydrogens (tertiary/aromatic N) is 6. The minimum Gasteiger partial charge on any atom is -0.309 e. The highest BCUT2D eigenvalue weighted by Gasteiger charge is 2.21. The van der Waals surface area contributed by atoms with E-state index in [1.165, 1.54) is 21.5 Å². The Morgan fingerprint density at radius 2 is 0.978 bits per heavy atom. The zero-order chi connectivity index (χ0) is 30.2. The molecule has 214 valence electrons. The van der Waals surface area contributed by atoms with Crippen LogP contribution in [0.25, 0.3) is 88.4 Å². The van der Waals surface area contributed by atoms with Gasteiger partial charge in [0, 0.05) is 32.8 Å². The first kappa shape index (κ1) is 25.0. The Balaban J connectivity index is 1.26. The summed E-state index contributed by atoms with van der Waals surface area (Å²) in [5.41, 5.74) is 11.0. The van der Waals surface area contributed by atoms with Crippen LogP contribution in [0.5, 0.6) is 0 Å². The number of aromatic nitrogens is 6. The SMILES string of the molecule is c1cc(-c2cnc3ccccc3n2)cc(-n2c3ccccc3c3c4c5ccccc5n(-c5cnc6ccccc6n5)c4ccc32)c1. The molecule has 0 spiro atoms. The van der Waals surface area contributed by atoms with Gasteiger partial charge in [-0.05, 0) is 60.7 Å². The average molecular weight is 589 g/mol. The zero-order valence-corrected chi connectivity index (χ0v) is 24.5. The Bertz CT molecular complexity index is 2830. The van der Waals surface area contributed by atoms with Crippen LogP contribution in [-0.2, 0) is 0 Å². The Morgan fingerprint density at radius 1 is 0.413 bits per heavy atom. The summed E-state index contributed by atoms with van der Waals surface area (Å²) in [6.07, 6.45) is 3.74. The standard InChI is InChI=1S/C40H24N6/c1-7-18-34-27(12-1)39-36(45(34)26-11-9-10-25(22-26)33-23-41-29-14-3-5-16-31(29)43-33)20-21-37-40(39)28-13-2-8-19-35(28)46(37)38-24-42-30-15-4-6-17-32(30)44-38/h1-24H. The third-order valence-electron chi connectivity index (χ3n) is 8.99. The highest BCUT2D eigenvalue weighted by molar-refractivity contribution is 6.28. The summed E-state index contributed by atoms with van der Waals surface area (Å²) in [7, 11) is 0. The van der Waals surface area contributed by atoms with Crippen LogP contribution < -0.4 is 0 Å². The van der Waals surface area contributed by atoms with E-state index in [1.54, 1.807) is 0 Å². The third kappa shape index (κ3) is 3.58. The first-order chi connectivity index (χ1) is 22.8. The molecule has 4 heterocycles. The van der Waals surface area contributed by atoms with E-state index in [1.807, 2.05) is 60.9 Å². The van der Waals surface area contributed by atoms with Crippen LogP contribution >= 0.6 is 0 Å². The van der Waals surface area contributed by atoms with Crippen molar-refractivity contribution in [2.75, 3.05) is 0 Å².